The number of hydrogen-bond acceptors (Lipinski definition) is 3. The van der Waals surface area contributed by atoms with Crippen LogP contribution in [0, 0.1) is 6.92 Å². The molecule has 2 aromatic carbocycles. The molecule has 0 aliphatic rings. The van der Waals surface area contributed by atoms with Gasteiger partial charge in [-0.25, -0.2) is 0 Å². The Hall–Kier alpha value is -3.21. The molecule has 0 radical (unpaired) electrons. The Bertz CT molecular complexity index is 945. The number of carbonyl (C=O) groups excluding carboxylic acids is 2. The van der Waals surface area contributed by atoms with Crippen molar-refractivity contribution in [1.29, 1.82) is 0 Å². The average molecular weight is 333 g/mol. The van der Waals surface area contributed by atoms with Crippen LogP contribution in [0.1, 0.15) is 29.3 Å². The third-order valence-electron chi connectivity index (χ3n) is 3.98. The number of benzene rings is 2. The molecule has 0 bridgehead atoms. The molecule has 0 saturated heterocycles. The van der Waals surface area contributed by atoms with E-state index in [0.717, 1.165) is 16.5 Å². The normalized spacial score (nSPS) is 10.5. The molecule has 0 fully saturated rings. The summed E-state index contributed by atoms with van der Waals surface area (Å²) in [5.74, 6) is -0.276. The van der Waals surface area contributed by atoms with Gasteiger partial charge in [-0.1, -0.05) is 25.1 Å². The van der Waals surface area contributed by atoms with Crippen molar-refractivity contribution in [3.05, 3.63) is 65.9 Å². The van der Waals surface area contributed by atoms with E-state index in [0.29, 0.717) is 23.4 Å². The number of nitrogens with one attached hydrogen (secondary N) is 2. The van der Waals surface area contributed by atoms with E-state index in [1.807, 2.05) is 43.3 Å². The van der Waals surface area contributed by atoms with E-state index in [2.05, 4.69) is 15.6 Å². The molecule has 1 aromatic heterocycles. The lowest BCUT2D eigenvalue weighted by molar-refractivity contribution is -0.115. The van der Waals surface area contributed by atoms with E-state index >= 15 is 0 Å². The molecule has 5 nitrogen and oxygen atoms in total. The molecule has 0 spiro atoms. The molecule has 2 amide bonds. The number of aryl methyl sites for hydroxylation is 1. The van der Waals surface area contributed by atoms with Crippen LogP contribution in [0.15, 0.2) is 54.7 Å². The number of carbonyl (C=O) groups is 2. The third-order valence-corrected chi connectivity index (χ3v) is 3.98. The number of nitrogens with zero attached hydrogens (tertiary/aromatic N) is 1. The van der Waals surface area contributed by atoms with Gasteiger partial charge in [0.05, 0.1) is 5.52 Å². The smallest absolute Gasteiger partial charge is 0.256 e. The molecule has 0 saturated carbocycles. The first-order chi connectivity index (χ1) is 12.1. The van der Waals surface area contributed by atoms with E-state index in [1.165, 1.54) is 0 Å². The van der Waals surface area contributed by atoms with Crippen molar-refractivity contribution in [2.75, 3.05) is 10.6 Å². The summed E-state index contributed by atoms with van der Waals surface area (Å²) in [6.07, 6.45) is 2.10. The van der Waals surface area contributed by atoms with Gasteiger partial charge < -0.3 is 10.6 Å². The Kier molecular flexibility index (Phi) is 4.75. The maximum absolute atomic E-state index is 12.7. The summed E-state index contributed by atoms with van der Waals surface area (Å²) in [7, 11) is 0. The van der Waals surface area contributed by atoms with Gasteiger partial charge in [0.2, 0.25) is 5.91 Å². The maximum atomic E-state index is 12.7. The average Bonchev–Trinajstić information content (AvgIpc) is 2.63. The van der Waals surface area contributed by atoms with E-state index in [9.17, 15) is 9.59 Å². The van der Waals surface area contributed by atoms with Crippen molar-refractivity contribution < 1.29 is 9.59 Å². The number of aromatic nitrogens is 1. The van der Waals surface area contributed by atoms with Crippen LogP contribution in [0.5, 0.6) is 0 Å². The van der Waals surface area contributed by atoms with Crippen molar-refractivity contribution in [2.24, 2.45) is 0 Å². The van der Waals surface area contributed by atoms with E-state index in [1.54, 1.807) is 25.3 Å². The standard InChI is InChI=1S/C20H19N3O2/c1-3-19(24)22-14-10-9-13(2)18(12-14)23-20(25)16-6-4-8-17-15(16)7-5-11-21-17/h4-12H,3H2,1-2H3,(H,22,24)(H,23,25). The molecule has 5 heteroatoms. The fourth-order valence-corrected chi connectivity index (χ4v) is 2.57. The number of rotatable bonds is 4. The van der Waals surface area contributed by atoms with Crippen molar-refractivity contribution in [3.8, 4) is 0 Å². The summed E-state index contributed by atoms with van der Waals surface area (Å²) in [4.78, 5) is 28.6. The van der Waals surface area contributed by atoms with Crippen LogP contribution in [-0.4, -0.2) is 16.8 Å². The largest absolute Gasteiger partial charge is 0.326 e. The van der Waals surface area contributed by atoms with Gasteiger partial charge in [-0.05, 0) is 42.8 Å². The maximum Gasteiger partial charge on any atom is 0.256 e. The molecule has 2 N–H and O–H groups in total. The number of pyridine rings is 1. The summed E-state index contributed by atoms with van der Waals surface area (Å²) >= 11 is 0. The molecule has 0 aliphatic carbocycles. The Morgan fingerprint density at radius 3 is 2.68 bits per heavy atom. The van der Waals surface area contributed by atoms with E-state index < -0.39 is 0 Å². The molecule has 3 aromatic rings. The lowest BCUT2D eigenvalue weighted by Crippen LogP contribution is -2.14. The summed E-state index contributed by atoms with van der Waals surface area (Å²) in [5, 5.41) is 6.54. The van der Waals surface area contributed by atoms with Gasteiger partial charge in [0.1, 0.15) is 0 Å². The monoisotopic (exact) mass is 333 g/mol. The first-order valence-corrected chi connectivity index (χ1v) is 8.14. The van der Waals surface area contributed by atoms with Gasteiger partial charge in [0.25, 0.3) is 5.91 Å². The van der Waals surface area contributed by atoms with Gasteiger partial charge in [-0.3, -0.25) is 14.6 Å². The number of hydrogen-bond donors (Lipinski definition) is 2. The minimum absolute atomic E-state index is 0.0683. The highest BCUT2D eigenvalue weighted by molar-refractivity contribution is 6.12. The highest BCUT2D eigenvalue weighted by atomic mass is 16.2. The Morgan fingerprint density at radius 2 is 1.88 bits per heavy atom. The number of amides is 2. The first-order valence-electron chi connectivity index (χ1n) is 8.14. The molecule has 126 valence electrons. The molecule has 0 aliphatic heterocycles. The van der Waals surface area contributed by atoms with Gasteiger partial charge in [0.15, 0.2) is 0 Å². The Morgan fingerprint density at radius 1 is 1.04 bits per heavy atom. The fourth-order valence-electron chi connectivity index (χ4n) is 2.57. The molecule has 3 rings (SSSR count). The second kappa shape index (κ2) is 7.13. The number of fused-ring (bicyclic) bond motifs is 1. The van der Waals surface area contributed by atoms with Crippen LogP contribution >= 0.6 is 0 Å². The highest BCUT2D eigenvalue weighted by Gasteiger charge is 2.12. The van der Waals surface area contributed by atoms with Crippen LogP contribution < -0.4 is 10.6 Å². The number of anilines is 2. The van der Waals surface area contributed by atoms with Crippen LogP contribution in [0.2, 0.25) is 0 Å². The van der Waals surface area contributed by atoms with E-state index in [-0.39, 0.29) is 11.8 Å². The topological polar surface area (TPSA) is 71.1 Å². The van der Waals surface area contributed by atoms with Gasteiger partial charge in [-0.15, -0.1) is 0 Å². The minimum Gasteiger partial charge on any atom is -0.326 e. The summed E-state index contributed by atoms with van der Waals surface area (Å²) in [5.41, 5.74) is 3.58. The van der Waals surface area contributed by atoms with Gasteiger partial charge in [0, 0.05) is 34.9 Å². The minimum atomic E-state index is -0.208. The lowest BCUT2D eigenvalue weighted by atomic mass is 10.1. The quantitative estimate of drug-likeness (QED) is 0.753. The predicted molar refractivity (Wildman–Crippen MR) is 99.8 cm³/mol. The summed E-state index contributed by atoms with van der Waals surface area (Å²) in [6.45, 7) is 3.70. The zero-order valence-electron chi connectivity index (χ0n) is 14.2. The van der Waals surface area contributed by atoms with Crippen molar-refractivity contribution >= 4 is 34.1 Å². The first kappa shape index (κ1) is 16.6. The second-order valence-electron chi connectivity index (χ2n) is 5.76. The van der Waals surface area contributed by atoms with Crippen LogP contribution in [-0.2, 0) is 4.79 Å². The molecule has 0 unspecified atom stereocenters. The van der Waals surface area contributed by atoms with Crippen LogP contribution in [0.3, 0.4) is 0 Å². The third kappa shape index (κ3) is 3.66. The van der Waals surface area contributed by atoms with Crippen LogP contribution in [0.25, 0.3) is 10.9 Å². The van der Waals surface area contributed by atoms with Crippen molar-refractivity contribution in [3.63, 3.8) is 0 Å². The van der Waals surface area contributed by atoms with Crippen molar-refractivity contribution in [1.82, 2.24) is 4.98 Å². The molecule has 1 heterocycles. The second-order valence-corrected chi connectivity index (χ2v) is 5.76. The van der Waals surface area contributed by atoms with Gasteiger partial charge in [-0.2, -0.15) is 0 Å². The SMILES string of the molecule is CCC(=O)Nc1ccc(C)c(NC(=O)c2cccc3ncccc23)c1. The lowest BCUT2D eigenvalue weighted by Gasteiger charge is -2.12. The fraction of sp³-hybridized carbons (Fsp3) is 0.150. The van der Waals surface area contributed by atoms with Crippen LogP contribution in [0.4, 0.5) is 11.4 Å². The zero-order chi connectivity index (χ0) is 17.8. The Balaban J connectivity index is 1.90. The van der Waals surface area contributed by atoms with Gasteiger partial charge >= 0.3 is 0 Å². The zero-order valence-corrected chi connectivity index (χ0v) is 14.2. The molecular weight excluding hydrogens is 314 g/mol. The highest BCUT2D eigenvalue weighted by Crippen LogP contribution is 2.23. The Labute approximate surface area is 146 Å². The molecule has 0 atom stereocenters. The predicted octanol–water partition coefficient (Wildman–Crippen LogP) is 4.14. The van der Waals surface area contributed by atoms with E-state index in [4.69, 9.17) is 0 Å². The van der Waals surface area contributed by atoms with Crippen molar-refractivity contribution in [2.45, 2.75) is 20.3 Å². The molecule has 25 heavy (non-hydrogen) atoms. The summed E-state index contributed by atoms with van der Waals surface area (Å²) in [6, 6.07) is 14.6. The molecular formula is C20H19N3O2. The summed E-state index contributed by atoms with van der Waals surface area (Å²) < 4.78 is 0.